The van der Waals surface area contributed by atoms with Crippen molar-refractivity contribution in [3.05, 3.63) is 43.6 Å². The van der Waals surface area contributed by atoms with Crippen molar-refractivity contribution in [1.29, 1.82) is 0 Å². The molecule has 2 heterocycles. The lowest BCUT2D eigenvalue weighted by Gasteiger charge is -1.70. The van der Waals surface area contributed by atoms with Gasteiger partial charge in [0.15, 0.2) is 0 Å². The fourth-order valence-corrected chi connectivity index (χ4v) is 0.405. The minimum atomic E-state index is 1.46. The molecule has 0 aliphatic carbocycles. The van der Waals surface area contributed by atoms with Gasteiger partial charge in [-0.15, -0.1) is 0 Å². The molecule has 0 aliphatic rings. The molecular weight excluding hydrogens is 142 g/mol. The van der Waals surface area contributed by atoms with Gasteiger partial charge in [-0.1, -0.05) is 0 Å². The molecule has 11 heavy (non-hydrogen) atoms. The number of rotatable bonds is 0. The van der Waals surface area contributed by atoms with Crippen LogP contribution in [0.5, 0.6) is 0 Å². The van der Waals surface area contributed by atoms with Crippen molar-refractivity contribution in [2.45, 2.75) is 0 Å². The van der Waals surface area contributed by atoms with Crippen molar-refractivity contribution >= 4 is 0 Å². The molecule has 0 atom stereocenters. The smallest absolute Gasteiger partial charge is 0.283 e. The van der Waals surface area contributed by atoms with Crippen LogP contribution in [0.25, 0.3) is 0 Å². The lowest BCUT2D eigenvalue weighted by molar-refractivity contribution is 0.548. The molecule has 0 N–H and O–H groups in total. The van der Waals surface area contributed by atoms with E-state index in [1.807, 2.05) is 0 Å². The van der Waals surface area contributed by atoms with E-state index in [1.165, 1.54) is 18.8 Å². The highest BCUT2D eigenvalue weighted by atomic mass is 16.3. The van der Waals surface area contributed by atoms with Gasteiger partial charge in [-0.3, -0.25) is 0 Å². The molecule has 2 rings (SSSR count). The Morgan fingerprint density at radius 2 is 1.91 bits per heavy atom. The van der Waals surface area contributed by atoms with Crippen LogP contribution in [0.4, 0.5) is 0 Å². The summed E-state index contributed by atoms with van der Waals surface area (Å²) in [5.74, 6) is 0. The maximum absolute atomic E-state index is 4.35. The summed E-state index contributed by atoms with van der Waals surface area (Å²) in [7, 11) is 0. The summed E-state index contributed by atoms with van der Waals surface area (Å²) in [6.45, 7) is 0. The van der Waals surface area contributed by atoms with E-state index >= 15 is 0 Å². The molecular formula is C7H6N3O. The Bertz CT molecular complexity index is 200. The van der Waals surface area contributed by atoms with E-state index in [-0.39, 0.29) is 0 Å². The number of aromatic nitrogens is 3. The molecule has 4 nitrogen and oxygen atoms in total. The second-order valence-corrected chi connectivity index (χ2v) is 1.53. The van der Waals surface area contributed by atoms with Crippen LogP contribution >= 0.6 is 0 Å². The van der Waals surface area contributed by atoms with Gasteiger partial charge in [0.05, 0.1) is 6.20 Å². The lowest BCUT2D eigenvalue weighted by Crippen LogP contribution is -1.66. The number of oxazole rings is 1. The first-order chi connectivity index (χ1) is 5.50. The number of hydrogen-bond donors (Lipinski definition) is 0. The molecule has 0 unspecified atom stereocenters. The van der Waals surface area contributed by atoms with Gasteiger partial charge in [0.25, 0.3) is 6.39 Å². The quantitative estimate of drug-likeness (QED) is 0.558. The van der Waals surface area contributed by atoms with Gasteiger partial charge in [-0.2, -0.15) is 0 Å². The molecule has 0 fully saturated rings. The molecule has 4 heteroatoms. The van der Waals surface area contributed by atoms with E-state index < -0.39 is 0 Å². The van der Waals surface area contributed by atoms with Crippen molar-refractivity contribution in [2.75, 3.05) is 0 Å². The van der Waals surface area contributed by atoms with E-state index in [1.54, 1.807) is 18.5 Å². The van der Waals surface area contributed by atoms with Gasteiger partial charge in [0.1, 0.15) is 12.6 Å². The topological polar surface area (TPSA) is 51.8 Å². The van der Waals surface area contributed by atoms with Gasteiger partial charge in [-0.05, 0) is 6.07 Å². The Morgan fingerprint density at radius 1 is 1.09 bits per heavy atom. The third-order valence-corrected chi connectivity index (χ3v) is 0.786. The Morgan fingerprint density at radius 3 is 2.09 bits per heavy atom. The highest BCUT2D eigenvalue weighted by Crippen LogP contribution is 1.70. The number of hydrogen-bond acceptors (Lipinski definition) is 4. The first-order valence-corrected chi connectivity index (χ1v) is 2.95. The summed E-state index contributed by atoms with van der Waals surface area (Å²) in [4.78, 5) is 10.8. The van der Waals surface area contributed by atoms with Crippen LogP contribution in [-0.2, 0) is 0 Å². The molecule has 2 aromatic heterocycles. The largest absolute Gasteiger partial charge is 0.441 e. The molecule has 0 saturated carbocycles. The summed E-state index contributed by atoms with van der Waals surface area (Å²) in [5.41, 5.74) is 0. The second-order valence-electron chi connectivity index (χ2n) is 1.53. The van der Waals surface area contributed by atoms with Crippen molar-refractivity contribution in [3.8, 4) is 0 Å². The predicted octanol–water partition coefficient (Wildman–Crippen LogP) is 0.951. The molecule has 0 saturated heterocycles. The first-order valence-electron chi connectivity index (χ1n) is 2.95. The maximum Gasteiger partial charge on any atom is 0.283 e. The molecule has 55 valence electrons. The van der Waals surface area contributed by atoms with Gasteiger partial charge in [0, 0.05) is 12.4 Å². The lowest BCUT2D eigenvalue weighted by atomic mass is 10.7. The monoisotopic (exact) mass is 148 g/mol. The summed E-state index contributed by atoms with van der Waals surface area (Å²) >= 11 is 0. The van der Waals surface area contributed by atoms with Crippen LogP contribution in [0.2, 0.25) is 0 Å². The van der Waals surface area contributed by atoms with Crippen molar-refractivity contribution < 1.29 is 4.42 Å². The average molecular weight is 148 g/mol. The predicted molar refractivity (Wildman–Crippen MR) is 37.4 cm³/mol. The standard InChI is InChI=1S/C4H4N2.C3H2NO/c1-2-5-4-6-3-1;1-2-5-3-4-1/h1-4H;1-2H. The fraction of sp³-hybridized carbons (Fsp3) is 0. The minimum Gasteiger partial charge on any atom is -0.441 e. The van der Waals surface area contributed by atoms with Crippen LogP contribution in [-0.4, -0.2) is 15.0 Å². The highest BCUT2D eigenvalue weighted by molar-refractivity contribution is 4.74. The van der Waals surface area contributed by atoms with Gasteiger partial charge in [-0.25, -0.2) is 15.0 Å². The van der Waals surface area contributed by atoms with Gasteiger partial charge in [0.2, 0.25) is 0 Å². The van der Waals surface area contributed by atoms with Gasteiger partial charge < -0.3 is 4.42 Å². The zero-order valence-electron chi connectivity index (χ0n) is 5.71. The van der Waals surface area contributed by atoms with Crippen molar-refractivity contribution in [3.63, 3.8) is 0 Å². The normalized spacial score (nSPS) is 8.00. The third-order valence-electron chi connectivity index (χ3n) is 0.786. The number of nitrogens with zero attached hydrogens (tertiary/aromatic N) is 3. The van der Waals surface area contributed by atoms with E-state index in [9.17, 15) is 0 Å². The first kappa shape index (κ1) is 7.40. The van der Waals surface area contributed by atoms with Crippen LogP contribution in [0.1, 0.15) is 0 Å². The summed E-state index contributed by atoms with van der Waals surface area (Å²) in [6, 6.07) is 1.78. The minimum absolute atomic E-state index is 1.46. The Labute approximate surface area is 63.9 Å². The molecule has 0 bridgehead atoms. The van der Waals surface area contributed by atoms with E-state index in [0.717, 1.165) is 0 Å². The van der Waals surface area contributed by atoms with Crippen LogP contribution in [0, 0.1) is 6.39 Å². The van der Waals surface area contributed by atoms with E-state index in [0.29, 0.717) is 0 Å². The molecule has 2 aromatic rings. The van der Waals surface area contributed by atoms with Crippen LogP contribution in [0.15, 0.2) is 41.7 Å². The second kappa shape index (κ2) is 5.10. The average Bonchev–Trinajstić information content (AvgIpc) is 2.64. The molecule has 0 spiro atoms. The van der Waals surface area contributed by atoms with Gasteiger partial charge >= 0.3 is 0 Å². The Balaban J connectivity index is 0.000000112. The zero-order chi connectivity index (χ0) is 7.78. The molecule has 0 amide bonds. The van der Waals surface area contributed by atoms with Crippen molar-refractivity contribution in [1.82, 2.24) is 15.0 Å². The molecule has 0 aromatic carbocycles. The van der Waals surface area contributed by atoms with E-state index in [4.69, 9.17) is 0 Å². The summed E-state index contributed by atoms with van der Waals surface area (Å²) in [5, 5.41) is 0. The SMILES string of the molecule is [c]1ncco1.c1cncnc1. The maximum atomic E-state index is 4.35. The highest BCUT2D eigenvalue weighted by Gasteiger charge is 1.62. The van der Waals surface area contributed by atoms with Crippen molar-refractivity contribution in [2.24, 2.45) is 0 Å². The molecule has 1 radical (unpaired) electrons. The Kier molecular flexibility index (Phi) is 3.43. The zero-order valence-corrected chi connectivity index (χ0v) is 5.71. The fourth-order valence-electron chi connectivity index (χ4n) is 0.405. The van der Waals surface area contributed by atoms with E-state index in [2.05, 4.69) is 25.8 Å². The third kappa shape index (κ3) is 3.80. The summed E-state index contributed by atoms with van der Waals surface area (Å²) in [6.07, 6.45) is 10.1. The molecule has 0 aliphatic heterocycles. The van der Waals surface area contributed by atoms with Crippen LogP contribution < -0.4 is 0 Å². The van der Waals surface area contributed by atoms with Crippen LogP contribution in [0.3, 0.4) is 0 Å². The Hall–Kier alpha value is -1.71. The summed E-state index contributed by atoms with van der Waals surface area (Å²) < 4.78 is 4.35.